The molecule has 0 aliphatic heterocycles. The molecule has 138 valence electrons. The first kappa shape index (κ1) is 19.9. The van der Waals surface area contributed by atoms with E-state index in [0.717, 1.165) is 17.5 Å². The highest BCUT2D eigenvalue weighted by atomic mass is 32.2. The van der Waals surface area contributed by atoms with Crippen LogP contribution in [0.25, 0.3) is 0 Å². The molecule has 0 aliphatic rings. The maximum atomic E-state index is 11.7. The Morgan fingerprint density at radius 1 is 1.04 bits per heavy atom. The van der Waals surface area contributed by atoms with Gasteiger partial charge in [0.1, 0.15) is 23.5 Å². The zero-order chi connectivity index (χ0) is 20.2. The third-order valence-corrected chi connectivity index (χ3v) is 4.14. The van der Waals surface area contributed by atoms with Crippen molar-refractivity contribution in [2.75, 3.05) is 30.0 Å². The minimum Gasteiger partial charge on any atom is -0.378 e. The monoisotopic (exact) mass is 382 g/mol. The Labute approximate surface area is 158 Å². The Bertz CT molecular complexity index is 1060. The molecule has 9 heteroatoms. The van der Waals surface area contributed by atoms with Gasteiger partial charge in [-0.2, -0.15) is 10.5 Å². The number of hydrogen-bond donors (Lipinski definition) is 1. The van der Waals surface area contributed by atoms with Gasteiger partial charge in [0.05, 0.1) is 23.1 Å². The summed E-state index contributed by atoms with van der Waals surface area (Å²) in [5, 5.41) is 26.8. The summed E-state index contributed by atoms with van der Waals surface area (Å²) in [7, 11) is 0.118. The van der Waals surface area contributed by atoms with Gasteiger partial charge in [0.25, 0.3) is 0 Å². The Morgan fingerprint density at radius 2 is 1.63 bits per heavy atom. The van der Waals surface area contributed by atoms with E-state index in [4.69, 9.17) is 0 Å². The summed E-state index contributed by atoms with van der Waals surface area (Å²) in [6.45, 7) is 1.77. The van der Waals surface area contributed by atoms with Crippen LogP contribution in [0.15, 0.2) is 40.6 Å². The Balaban J connectivity index is 2.58. The maximum absolute atomic E-state index is 11.7. The van der Waals surface area contributed by atoms with Crippen LogP contribution in [0.4, 0.5) is 22.7 Å². The molecule has 0 radical (unpaired) electrons. The van der Waals surface area contributed by atoms with Crippen LogP contribution >= 0.6 is 0 Å². The van der Waals surface area contributed by atoms with Crippen molar-refractivity contribution in [1.29, 1.82) is 10.5 Å². The Kier molecular flexibility index (Phi) is 5.78. The molecule has 0 fully saturated rings. The molecule has 2 rings (SSSR count). The highest BCUT2D eigenvalue weighted by Crippen LogP contribution is 2.33. The fourth-order valence-electron chi connectivity index (χ4n) is 2.33. The number of sulfonamides is 1. The van der Waals surface area contributed by atoms with Crippen LogP contribution in [0.3, 0.4) is 0 Å². The lowest BCUT2D eigenvalue weighted by Crippen LogP contribution is -2.12. The Morgan fingerprint density at radius 3 is 2.11 bits per heavy atom. The first-order valence-electron chi connectivity index (χ1n) is 7.80. The van der Waals surface area contributed by atoms with Gasteiger partial charge in [-0.3, -0.25) is 4.72 Å². The summed E-state index contributed by atoms with van der Waals surface area (Å²) in [6.07, 6.45) is 1.04. The van der Waals surface area contributed by atoms with Crippen LogP contribution in [0.5, 0.6) is 0 Å². The molecule has 0 spiro atoms. The molecular formula is C18H18N6O2S. The molecule has 2 aromatic rings. The van der Waals surface area contributed by atoms with E-state index >= 15 is 0 Å². The highest BCUT2D eigenvalue weighted by Gasteiger charge is 2.12. The quantitative estimate of drug-likeness (QED) is 0.792. The third kappa shape index (κ3) is 5.03. The topological polar surface area (TPSA) is 122 Å². The average Bonchev–Trinajstić information content (AvgIpc) is 2.59. The Hall–Kier alpha value is -3.43. The van der Waals surface area contributed by atoms with E-state index in [1.807, 2.05) is 31.1 Å². The zero-order valence-electron chi connectivity index (χ0n) is 15.3. The van der Waals surface area contributed by atoms with Gasteiger partial charge >= 0.3 is 0 Å². The van der Waals surface area contributed by atoms with E-state index in [1.54, 1.807) is 37.3 Å². The van der Waals surface area contributed by atoms with Crippen LogP contribution in [0.2, 0.25) is 0 Å². The van der Waals surface area contributed by atoms with Gasteiger partial charge in [-0.15, -0.1) is 10.2 Å². The smallest absolute Gasteiger partial charge is 0.229 e. The van der Waals surface area contributed by atoms with Gasteiger partial charge in [0.15, 0.2) is 0 Å². The van der Waals surface area contributed by atoms with Gasteiger partial charge in [-0.25, -0.2) is 8.42 Å². The second-order valence-corrected chi connectivity index (χ2v) is 7.85. The predicted molar refractivity (Wildman–Crippen MR) is 104 cm³/mol. The average molecular weight is 382 g/mol. The number of nitrogens with one attached hydrogen (secondary N) is 1. The van der Waals surface area contributed by atoms with Crippen molar-refractivity contribution in [3.63, 3.8) is 0 Å². The van der Waals surface area contributed by atoms with Crippen molar-refractivity contribution < 1.29 is 8.42 Å². The van der Waals surface area contributed by atoms with E-state index in [0.29, 0.717) is 0 Å². The number of benzene rings is 2. The van der Waals surface area contributed by atoms with Crippen LogP contribution < -0.4 is 9.62 Å². The van der Waals surface area contributed by atoms with Crippen molar-refractivity contribution in [3.05, 3.63) is 47.0 Å². The molecule has 0 saturated heterocycles. The molecule has 0 unspecified atom stereocenters. The van der Waals surface area contributed by atoms with E-state index in [1.165, 1.54) is 0 Å². The first-order valence-corrected chi connectivity index (χ1v) is 9.69. The molecule has 0 heterocycles. The van der Waals surface area contributed by atoms with Crippen molar-refractivity contribution >= 4 is 32.8 Å². The van der Waals surface area contributed by atoms with Crippen molar-refractivity contribution in [1.82, 2.24) is 0 Å². The van der Waals surface area contributed by atoms with Crippen molar-refractivity contribution in [3.8, 4) is 12.1 Å². The first-order chi connectivity index (χ1) is 12.6. The van der Waals surface area contributed by atoms with E-state index in [-0.39, 0.29) is 28.2 Å². The minimum atomic E-state index is -3.53. The second-order valence-electron chi connectivity index (χ2n) is 6.10. The van der Waals surface area contributed by atoms with Gasteiger partial charge in [0, 0.05) is 19.8 Å². The molecule has 0 aromatic heterocycles. The van der Waals surface area contributed by atoms with Crippen LogP contribution in [0, 0.1) is 29.6 Å². The largest absolute Gasteiger partial charge is 0.378 e. The third-order valence-electron chi connectivity index (χ3n) is 3.54. The second kappa shape index (κ2) is 7.85. The highest BCUT2D eigenvalue weighted by molar-refractivity contribution is 7.92. The number of aryl methyl sites for hydroxylation is 1. The molecule has 0 amide bonds. The van der Waals surface area contributed by atoms with E-state index in [9.17, 15) is 18.9 Å². The summed E-state index contributed by atoms with van der Waals surface area (Å²) in [4.78, 5) is 1.82. The summed E-state index contributed by atoms with van der Waals surface area (Å²) < 4.78 is 25.7. The predicted octanol–water partition coefficient (Wildman–Crippen LogP) is 3.59. The summed E-state index contributed by atoms with van der Waals surface area (Å²) in [6, 6.07) is 12.2. The molecule has 1 N–H and O–H groups in total. The number of rotatable bonds is 5. The van der Waals surface area contributed by atoms with Gasteiger partial charge in [0.2, 0.25) is 10.0 Å². The normalized spacial score (nSPS) is 11.0. The summed E-state index contributed by atoms with van der Waals surface area (Å²) >= 11 is 0. The van der Waals surface area contributed by atoms with Gasteiger partial charge < -0.3 is 4.90 Å². The van der Waals surface area contributed by atoms with E-state index < -0.39 is 10.0 Å². The summed E-state index contributed by atoms with van der Waals surface area (Å²) in [5.74, 6) is 0. The number of hydrogen-bond acceptors (Lipinski definition) is 7. The lowest BCUT2D eigenvalue weighted by Gasteiger charge is -2.15. The molecule has 27 heavy (non-hydrogen) atoms. The van der Waals surface area contributed by atoms with Crippen LogP contribution in [-0.4, -0.2) is 28.8 Å². The number of anilines is 2. The number of nitrogens with zero attached hydrogens (tertiary/aromatic N) is 5. The standard InChI is InChI=1S/C18H18N6O2S/c1-12-7-13(10-19)18(14(8-12)11-20)22-21-16-6-5-15(24(2)3)9-17(16)23-27(4,25)26/h5-9,23H,1-4H3. The lowest BCUT2D eigenvalue weighted by atomic mass is 10.1. The van der Waals surface area contributed by atoms with Crippen LogP contribution in [-0.2, 0) is 10.0 Å². The van der Waals surface area contributed by atoms with Gasteiger partial charge in [-0.05, 0) is 42.8 Å². The van der Waals surface area contributed by atoms with Gasteiger partial charge in [-0.1, -0.05) is 0 Å². The fraction of sp³-hybridized carbons (Fsp3) is 0.222. The molecule has 0 saturated carbocycles. The van der Waals surface area contributed by atoms with Crippen LogP contribution in [0.1, 0.15) is 16.7 Å². The number of nitriles is 2. The molecular weight excluding hydrogens is 364 g/mol. The molecule has 0 aliphatic carbocycles. The molecule has 2 aromatic carbocycles. The number of azo groups is 1. The molecule has 0 atom stereocenters. The lowest BCUT2D eigenvalue weighted by molar-refractivity contribution is 0.607. The van der Waals surface area contributed by atoms with Crippen molar-refractivity contribution in [2.45, 2.75) is 6.92 Å². The van der Waals surface area contributed by atoms with E-state index in [2.05, 4.69) is 15.0 Å². The minimum absolute atomic E-state index is 0.146. The van der Waals surface area contributed by atoms with Crippen molar-refractivity contribution in [2.24, 2.45) is 10.2 Å². The fourth-order valence-corrected chi connectivity index (χ4v) is 2.89. The molecule has 0 bridgehead atoms. The summed E-state index contributed by atoms with van der Waals surface area (Å²) in [5.41, 5.74) is 2.63. The zero-order valence-corrected chi connectivity index (χ0v) is 16.2. The molecule has 8 nitrogen and oxygen atoms in total. The maximum Gasteiger partial charge on any atom is 0.229 e. The SMILES string of the molecule is Cc1cc(C#N)c(N=Nc2ccc(N(C)C)cc2NS(C)(=O)=O)c(C#N)c1.